The van der Waals surface area contributed by atoms with E-state index in [-0.39, 0.29) is 18.4 Å². The second kappa shape index (κ2) is 8.10. The fourth-order valence-corrected chi connectivity index (χ4v) is 4.84. The number of carbonyl (C=O) groups excluding carboxylic acids is 1. The second-order valence-electron chi connectivity index (χ2n) is 7.00. The Morgan fingerprint density at radius 3 is 2.61 bits per heavy atom. The van der Waals surface area contributed by atoms with E-state index < -0.39 is 5.97 Å². The maximum absolute atomic E-state index is 13.4. The molecule has 1 amide bonds. The summed E-state index contributed by atoms with van der Waals surface area (Å²) in [5.41, 5.74) is 2.82. The van der Waals surface area contributed by atoms with Crippen LogP contribution in [-0.2, 0) is 11.3 Å². The Hall–Kier alpha value is -2.73. The molecular weight excluding hydrogens is 372 g/mol. The van der Waals surface area contributed by atoms with Crippen LogP contribution in [0.1, 0.15) is 22.3 Å². The Bertz CT molecular complexity index is 999. The van der Waals surface area contributed by atoms with Gasteiger partial charge < -0.3 is 14.6 Å². The smallest absolute Gasteiger partial charge is 0.305 e. The average Bonchev–Trinajstić information content (AvgIpc) is 3.07. The number of nitrogens with zero attached hydrogens (tertiary/aromatic N) is 2. The number of amides is 1. The fourth-order valence-electron chi connectivity index (χ4n) is 3.78. The number of hydrogen-bond acceptors (Lipinski definition) is 3. The minimum Gasteiger partial charge on any atom is -0.481 e. The summed E-state index contributed by atoms with van der Waals surface area (Å²) in [4.78, 5) is 26.4. The van der Waals surface area contributed by atoms with Crippen molar-refractivity contribution in [3.63, 3.8) is 0 Å². The van der Waals surface area contributed by atoms with E-state index in [2.05, 4.69) is 16.7 Å². The summed E-state index contributed by atoms with van der Waals surface area (Å²) in [6, 6.07) is 17.8. The zero-order valence-electron chi connectivity index (χ0n) is 15.5. The van der Waals surface area contributed by atoms with Gasteiger partial charge in [-0.3, -0.25) is 9.59 Å². The van der Waals surface area contributed by atoms with E-state index in [1.54, 1.807) is 16.7 Å². The SMILES string of the molecule is O=C(O)CC1CSCCN1C(=O)c1cn(Cc2ccccc2)c2ccccc12. The lowest BCUT2D eigenvalue weighted by Crippen LogP contribution is -2.47. The zero-order valence-corrected chi connectivity index (χ0v) is 16.3. The van der Waals surface area contributed by atoms with Crippen LogP contribution in [0.4, 0.5) is 0 Å². The topological polar surface area (TPSA) is 62.5 Å². The van der Waals surface area contributed by atoms with Gasteiger partial charge in [0.2, 0.25) is 0 Å². The molecule has 0 aliphatic carbocycles. The van der Waals surface area contributed by atoms with Crippen LogP contribution in [0.3, 0.4) is 0 Å². The molecule has 0 spiro atoms. The van der Waals surface area contributed by atoms with Crippen LogP contribution >= 0.6 is 11.8 Å². The van der Waals surface area contributed by atoms with E-state index in [1.807, 2.05) is 48.7 Å². The Kier molecular flexibility index (Phi) is 5.39. The number of aliphatic carboxylic acids is 1. The first-order chi connectivity index (χ1) is 13.6. The molecule has 1 N–H and O–H groups in total. The third-order valence-corrected chi connectivity index (χ3v) is 6.21. The van der Waals surface area contributed by atoms with E-state index in [9.17, 15) is 14.7 Å². The van der Waals surface area contributed by atoms with Crippen LogP contribution < -0.4 is 0 Å². The van der Waals surface area contributed by atoms with Gasteiger partial charge in [0, 0.05) is 41.7 Å². The van der Waals surface area contributed by atoms with Crippen molar-refractivity contribution in [1.82, 2.24) is 9.47 Å². The summed E-state index contributed by atoms with van der Waals surface area (Å²) < 4.78 is 2.10. The monoisotopic (exact) mass is 394 g/mol. The molecule has 0 saturated carbocycles. The van der Waals surface area contributed by atoms with Crippen molar-refractivity contribution >= 4 is 34.5 Å². The fraction of sp³-hybridized carbons (Fsp3) is 0.273. The zero-order chi connectivity index (χ0) is 19.5. The van der Waals surface area contributed by atoms with E-state index in [1.165, 1.54) is 5.56 Å². The second-order valence-corrected chi connectivity index (χ2v) is 8.15. The molecule has 2 aromatic carbocycles. The molecule has 1 aliphatic rings. The van der Waals surface area contributed by atoms with Crippen LogP contribution in [-0.4, -0.2) is 50.5 Å². The first kappa shape index (κ1) is 18.6. The molecule has 1 unspecified atom stereocenters. The lowest BCUT2D eigenvalue weighted by molar-refractivity contribution is -0.138. The molecule has 1 saturated heterocycles. The maximum Gasteiger partial charge on any atom is 0.305 e. The van der Waals surface area contributed by atoms with Crippen LogP contribution in [0.25, 0.3) is 10.9 Å². The quantitative estimate of drug-likeness (QED) is 0.716. The Morgan fingerprint density at radius 1 is 1.07 bits per heavy atom. The van der Waals surface area contributed by atoms with Crippen molar-refractivity contribution in [3.8, 4) is 0 Å². The maximum atomic E-state index is 13.4. The normalized spacial score (nSPS) is 17.0. The molecule has 1 atom stereocenters. The third kappa shape index (κ3) is 3.78. The molecule has 1 aromatic heterocycles. The van der Waals surface area contributed by atoms with Gasteiger partial charge in [-0.2, -0.15) is 11.8 Å². The van der Waals surface area contributed by atoms with Gasteiger partial charge >= 0.3 is 5.97 Å². The van der Waals surface area contributed by atoms with E-state index in [0.29, 0.717) is 24.4 Å². The number of para-hydroxylation sites is 1. The van der Waals surface area contributed by atoms with E-state index in [4.69, 9.17) is 0 Å². The van der Waals surface area contributed by atoms with Crippen molar-refractivity contribution in [2.45, 2.75) is 19.0 Å². The van der Waals surface area contributed by atoms with Gasteiger partial charge in [-0.25, -0.2) is 0 Å². The lowest BCUT2D eigenvalue weighted by atomic mass is 10.1. The van der Waals surface area contributed by atoms with Gasteiger partial charge in [0.15, 0.2) is 0 Å². The number of hydrogen-bond donors (Lipinski definition) is 1. The van der Waals surface area contributed by atoms with Crippen molar-refractivity contribution in [3.05, 3.63) is 71.9 Å². The molecule has 28 heavy (non-hydrogen) atoms. The molecule has 5 nitrogen and oxygen atoms in total. The number of carboxylic acid groups (broad SMARTS) is 1. The predicted octanol–water partition coefficient (Wildman–Crippen LogP) is 3.72. The highest BCUT2D eigenvalue weighted by Gasteiger charge is 2.31. The minimum atomic E-state index is -0.864. The number of carboxylic acids is 1. The Labute approximate surface area is 168 Å². The molecule has 6 heteroatoms. The molecular formula is C22H22N2O3S. The molecule has 0 bridgehead atoms. The highest BCUT2D eigenvalue weighted by Crippen LogP contribution is 2.27. The standard InChI is InChI=1S/C22H22N2O3S/c25-21(26)12-17-15-28-11-10-24(17)22(27)19-14-23(13-16-6-2-1-3-7-16)20-9-5-4-8-18(19)20/h1-9,14,17H,10-13,15H2,(H,25,26). The van der Waals surface area contributed by atoms with Crippen molar-refractivity contribution in [2.75, 3.05) is 18.1 Å². The van der Waals surface area contributed by atoms with Gasteiger partial charge in [0.1, 0.15) is 0 Å². The number of carbonyl (C=O) groups is 2. The largest absolute Gasteiger partial charge is 0.481 e. The van der Waals surface area contributed by atoms with Gasteiger partial charge in [0.05, 0.1) is 18.0 Å². The third-order valence-electron chi connectivity index (χ3n) is 5.11. The summed E-state index contributed by atoms with van der Waals surface area (Å²) in [5, 5.41) is 10.1. The predicted molar refractivity (Wildman–Crippen MR) is 112 cm³/mol. The van der Waals surface area contributed by atoms with E-state index >= 15 is 0 Å². The van der Waals surface area contributed by atoms with Crippen LogP contribution in [0.5, 0.6) is 0 Å². The number of benzene rings is 2. The van der Waals surface area contributed by atoms with Gasteiger partial charge in [0.25, 0.3) is 5.91 Å². The van der Waals surface area contributed by atoms with Crippen molar-refractivity contribution in [2.24, 2.45) is 0 Å². The summed E-state index contributed by atoms with van der Waals surface area (Å²) in [5.74, 6) is 0.567. The Balaban J connectivity index is 1.70. The number of thioether (sulfide) groups is 1. The summed E-state index contributed by atoms with van der Waals surface area (Å²) in [6.45, 7) is 1.27. The summed E-state index contributed by atoms with van der Waals surface area (Å²) >= 11 is 1.71. The number of fused-ring (bicyclic) bond motifs is 1. The lowest BCUT2D eigenvalue weighted by Gasteiger charge is -2.34. The number of aromatic nitrogens is 1. The minimum absolute atomic E-state index is 0.0125. The van der Waals surface area contributed by atoms with Gasteiger partial charge in [-0.15, -0.1) is 0 Å². The molecule has 2 heterocycles. The summed E-state index contributed by atoms with van der Waals surface area (Å²) in [7, 11) is 0. The molecule has 1 aliphatic heterocycles. The Morgan fingerprint density at radius 2 is 1.82 bits per heavy atom. The van der Waals surface area contributed by atoms with Crippen molar-refractivity contribution < 1.29 is 14.7 Å². The number of rotatable bonds is 5. The molecule has 1 fully saturated rings. The van der Waals surface area contributed by atoms with Gasteiger partial charge in [-0.05, 0) is 11.6 Å². The first-order valence-corrected chi connectivity index (χ1v) is 10.5. The highest BCUT2D eigenvalue weighted by atomic mass is 32.2. The molecule has 4 rings (SSSR count). The van der Waals surface area contributed by atoms with Crippen LogP contribution in [0.2, 0.25) is 0 Å². The summed E-state index contributed by atoms with van der Waals surface area (Å²) in [6.07, 6.45) is 1.90. The molecule has 0 radical (unpaired) electrons. The van der Waals surface area contributed by atoms with E-state index in [0.717, 1.165) is 16.7 Å². The van der Waals surface area contributed by atoms with Crippen molar-refractivity contribution in [1.29, 1.82) is 0 Å². The first-order valence-electron chi connectivity index (χ1n) is 9.36. The van der Waals surface area contributed by atoms with Crippen LogP contribution in [0.15, 0.2) is 60.8 Å². The van der Waals surface area contributed by atoms with Crippen LogP contribution in [0, 0.1) is 0 Å². The average molecular weight is 394 g/mol. The molecule has 3 aromatic rings. The van der Waals surface area contributed by atoms with Gasteiger partial charge in [-0.1, -0.05) is 48.5 Å². The molecule has 144 valence electrons. The highest BCUT2D eigenvalue weighted by molar-refractivity contribution is 7.99.